The molecule has 0 unspecified atom stereocenters. The summed E-state index contributed by atoms with van der Waals surface area (Å²) in [7, 11) is 0. The quantitative estimate of drug-likeness (QED) is 0.775. The number of nitrogens with zero attached hydrogens (tertiary/aromatic N) is 2. The first kappa shape index (κ1) is 10.4. The highest BCUT2D eigenvalue weighted by molar-refractivity contribution is 5.93. The van der Waals surface area contributed by atoms with Gasteiger partial charge in [0.1, 0.15) is 11.6 Å². The normalized spacial score (nSPS) is 16.4. The lowest BCUT2D eigenvalue weighted by Gasteiger charge is -2.29. The smallest absolute Gasteiger partial charge is 0.136 e. The predicted octanol–water partition coefficient (Wildman–Crippen LogP) is 1.35. The third kappa shape index (κ3) is 1.91. The fraction of sp³-hybridized carbons (Fsp3) is 0.308. The standard InChI is InChI=1S/C13H15N3O/c17-11-2-1-10-3-4-15-13(12(10)9-11)16-7-5-14-6-8-16/h1-4,9,14,17H,5-8H2. The van der Waals surface area contributed by atoms with Crippen LogP contribution in [-0.4, -0.2) is 36.3 Å². The van der Waals surface area contributed by atoms with Crippen LogP contribution in [0.4, 0.5) is 5.82 Å². The number of hydrogen-bond acceptors (Lipinski definition) is 4. The van der Waals surface area contributed by atoms with Crippen molar-refractivity contribution in [1.82, 2.24) is 10.3 Å². The van der Waals surface area contributed by atoms with Crippen molar-refractivity contribution >= 4 is 16.6 Å². The second-order valence-corrected chi connectivity index (χ2v) is 4.28. The second-order valence-electron chi connectivity index (χ2n) is 4.28. The molecule has 0 atom stereocenters. The monoisotopic (exact) mass is 229 g/mol. The van der Waals surface area contributed by atoms with E-state index in [1.165, 1.54) is 0 Å². The van der Waals surface area contributed by atoms with Gasteiger partial charge in [0.05, 0.1) is 0 Å². The number of aromatic nitrogens is 1. The fourth-order valence-electron chi connectivity index (χ4n) is 2.27. The Labute approximate surface area is 99.9 Å². The summed E-state index contributed by atoms with van der Waals surface area (Å²) in [4.78, 5) is 6.72. The van der Waals surface area contributed by atoms with Gasteiger partial charge in [-0.2, -0.15) is 0 Å². The van der Waals surface area contributed by atoms with Crippen molar-refractivity contribution in [3.05, 3.63) is 30.5 Å². The first-order valence-corrected chi connectivity index (χ1v) is 5.88. The van der Waals surface area contributed by atoms with Gasteiger partial charge in [-0.15, -0.1) is 0 Å². The Bertz CT molecular complexity index is 535. The molecule has 2 N–H and O–H groups in total. The highest BCUT2D eigenvalue weighted by Crippen LogP contribution is 2.27. The highest BCUT2D eigenvalue weighted by Gasteiger charge is 2.14. The Morgan fingerprint density at radius 1 is 1.18 bits per heavy atom. The number of fused-ring (bicyclic) bond motifs is 1. The van der Waals surface area contributed by atoms with Crippen LogP contribution in [0.15, 0.2) is 30.5 Å². The van der Waals surface area contributed by atoms with E-state index in [9.17, 15) is 5.11 Å². The van der Waals surface area contributed by atoms with Crippen molar-refractivity contribution in [2.45, 2.75) is 0 Å². The number of hydrogen-bond donors (Lipinski definition) is 2. The molecule has 1 aliphatic heterocycles. The van der Waals surface area contributed by atoms with Crippen molar-refractivity contribution in [3.8, 4) is 5.75 Å². The van der Waals surface area contributed by atoms with E-state index in [4.69, 9.17) is 0 Å². The molecule has 1 aromatic heterocycles. The Morgan fingerprint density at radius 2 is 2.00 bits per heavy atom. The van der Waals surface area contributed by atoms with Crippen molar-refractivity contribution in [2.24, 2.45) is 0 Å². The first-order valence-electron chi connectivity index (χ1n) is 5.88. The van der Waals surface area contributed by atoms with Gasteiger partial charge >= 0.3 is 0 Å². The molecule has 0 spiro atoms. The molecule has 0 saturated carbocycles. The lowest BCUT2D eigenvalue weighted by molar-refractivity contribution is 0.476. The predicted molar refractivity (Wildman–Crippen MR) is 68.5 cm³/mol. The fourth-order valence-corrected chi connectivity index (χ4v) is 2.27. The third-order valence-corrected chi connectivity index (χ3v) is 3.15. The molecule has 1 saturated heterocycles. The van der Waals surface area contributed by atoms with E-state index >= 15 is 0 Å². The molecule has 0 bridgehead atoms. The number of rotatable bonds is 1. The van der Waals surface area contributed by atoms with Gasteiger partial charge in [-0.3, -0.25) is 0 Å². The van der Waals surface area contributed by atoms with Crippen LogP contribution in [0, 0.1) is 0 Å². The van der Waals surface area contributed by atoms with Gasteiger partial charge in [0, 0.05) is 37.8 Å². The summed E-state index contributed by atoms with van der Waals surface area (Å²) in [6.45, 7) is 3.89. The summed E-state index contributed by atoms with van der Waals surface area (Å²) >= 11 is 0. The van der Waals surface area contributed by atoms with Gasteiger partial charge in [-0.25, -0.2) is 4.98 Å². The minimum absolute atomic E-state index is 0.293. The van der Waals surface area contributed by atoms with Gasteiger partial charge in [0.25, 0.3) is 0 Å². The molecule has 88 valence electrons. The van der Waals surface area contributed by atoms with Gasteiger partial charge in [0.15, 0.2) is 0 Å². The summed E-state index contributed by atoms with van der Waals surface area (Å²) < 4.78 is 0. The van der Waals surface area contributed by atoms with E-state index in [0.29, 0.717) is 5.75 Å². The van der Waals surface area contributed by atoms with Crippen LogP contribution in [-0.2, 0) is 0 Å². The summed E-state index contributed by atoms with van der Waals surface area (Å²) in [5.74, 6) is 1.27. The molecule has 2 heterocycles. The molecule has 3 rings (SSSR count). The van der Waals surface area contributed by atoms with E-state index < -0.39 is 0 Å². The molecular weight excluding hydrogens is 214 g/mol. The van der Waals surface area contributed by atoms with Gasteiger partial charge in [0.2, 0.25) is 0 Å². The number of aromatic hydroxyl groups is 1. The molecule has 17 heavy (non-hydrogen) atoms. The molecule has 0 amide bonds. The lowest BCUT2D eigenvalue weighted by Crippen LogP contribution is -2.43. The zero-order chi connectivity index (χ0) is 11.7. The first-order chi connectivity index (χ1) is 8.34. The maximum atomic E-state index is 9.59. The van der Waals surface area contributed by atoms with E-state index in [-0.39, 0.29) is 0 Å². The Hall–Kier alpha value is -1.81. The topological polar surface area (TPSA) is 48.4 Å². The number of benzene rings is 1. The summed E-state index contributed by atoms with van der Waals surface area (Å²) in [6, 6.07) is 7.40. The number of phenols is 1. The van der Waals surface area contributed by atoms with Crippen LogP contribution in [0.25, 0.3) is 10.8 Å². The summed E-state index contributed by atoms with van der Waals surface area (Å²) in [5.41, 5.74) is 0. The summed E-state index contributed by atoms with van der Waals surface area (Å²) in [5, 5.41) is 15.1. The van der Waals surface area contributed by atoms with Crippen molar-refractivity contribution in [2.75, 3.05) is 31.1 Å². The average Bonchev–Trinajstić information content (AvgIpc) is 2.39. The zero-order valence-electron chi connectivity index (χ0n) is 9.56. The molecule has 0 radical (unpaired) electrons. The maximum absolute atomic E-state index is 9.59. The number of piperazine rings is 1. The van der Waals surface area contributed by atoms with Crippen LogP contribution < -0.4 is 10.2 Å². The molecule has 1 fully saturated rings. The molecule has 1 aromatic carbocycles. The zero-order valence-corrected chi connectivity index (χ0v) is 9.56. The number of pyridine rings is 1. The van der Waals surface area contributed by atoms with Crippen molar-refractivity contribution in [1.29, 1.82) is 0 Å². The Kier molecular flexibility index (Phi) is 2.57. The molecule has 4 heteroatoms. The second kappa shape index (κ2) is 4.22. The van der Waals surface area contributed by atoms with E-state index in [1.54, 1.807) is 12.1 Å². The minimum atomic E-state index is 0.293. The third-order valence-electron chi connectivity index (χ3n) is 3.15. The van der Waals surface area contributed by atoms with Crippen LogP contribution in [0.5, 0.6) is 5.75 Å². The van der Waals surface area contributed by atoms with E-state index in [2.05, 4.69) is 15.2 Å². The van der Waals surface area contributed by atoms with Crippen LogP contribution >= 0.6 is 0 Å². The number of nitrogens with one attached hydrogen (secondary N) is 1. The molecular formula is C13H15N3O. The molecule has 4 nitrogen and oxygen atoms in total. The minimum Gasteiger partial charge on any atom is -0.508 e. The van der Waals surface area contributed by atoms with E-state index in [0.717, 1.165) is 42.8 Å². The van der Waals surface area contributed by atoms with Crippen molar-refractivity contribution < 1.29 is 5.11 Å². The summed E-state index contributed by atoms with van der Waals surface area (Å²) in [6.07, 6.45) is 1.83. The van der Waals surface area contributed by atoms with Crippen LogP contribution in [0.3, 0.4) is 0 Å². The number of anilines is 1. The largest absolute Gasteiger partial charge is 0.508 e. The molecule has 2 aromatic rings. The SMILES string of the molecule is Oc1ccc2ccnc(N3CCNCC3)c2c1. The van der Waals surface area contributed by atoms with Crippen LogP contribution in [0.2, 0.25) is 0 Å². The van der Waals surface area contributed by atoms with Crippen molar-refractivity contribution in [3.63, 3.8) is 0 Å². The highest BCUT2D eigenvalue weighted by atomic mass is 16.3. The number of phenolic OH excluding ortho intramolecular Hbond substituents is 1. The average molecular weight is 229 g/mol. The Morgan fingerprint density at radius 3 is 2.82 bits per heavy atom. The maximum Gasteiger partial charge on any atom is 0.136 e. The van der Waals surface area contributed by atoms with Gasteiger partial charge < -0.3 is 15.3 Å². The molecule has 0 aliphatic carbocycles. The van der Waals surface area contributed by atoms with Gasteiger partial charge in [-0.05, 0) is 23.6 Å². The van der Waals surface area contributed by atoms with Gasteiger partial charge in [-0.1, -0.05) is 6.07 Å². The van der Waals surface area contributed by atoms with Crippen LogP contribution in [0.1, 0.15) is 0 Å². The van der Waals surface area contributed by atoms with E-state index in [1.807, 2.05) is 18.3 Å². The Balaban J connectivity index is 2.11. The lowest BCUT2D eigenvalue weighted by atomic mass is 10.1. The molecule has 1 aliphatic rings.